The molecular weight excluding hydrogens is 1030 g/mol. The van der Waals surface area contributed by atoms with E-state index in [1.54, 1.807) is 52.2 Å². The van der Waals surface area contributed by atoms with Crippen molar-refractivity contribution in [2.45, 2.75) is 212 Å². The number of pyridine rings is 1. The summed E-state index contributed by atoms with van der Waals surface area (Å²) >= 11 is 0. The van der Waals surface area contributed by atoms with Crippen LogP contribution in [0.4, 0.5) is 0 Å². The van der Waals surface area contributed by atoms with Crippen LogP contribution in [0.3, 0.4) is 0 Å². The second kappa shape index (κ2) is 28.3. The fourth-order valence-corrected chi connectivity index (χ4v) is 11.9. The van der Waals surface area contributed by atoms with Gasteiger partial charge in [0.1, 0.15) is 34.8 Å². The van der Waals surface area contributed by atoms with E-state index in [-0.39, 0.29) is 49.2 Å². The number of esters is 2. The lowest BCUT2D eigenvalue weighted by Gasteiger charge is -2.50. The number of Topliss-reactive ketones (excluding diaryl/α,β-unsaturated/α-hetero) is 1. The van der Waals surface area contributed by atoms with E-state index in [0.717, 1.165) is 5.56 Å². The number of rotatable bonds is 21. The van der Waals surface area contributed by atoms with E-state index in [0.29, 0.717) is 63.0 Å². The van der Waals surface area contributed by atoms with Crippen molar-refractivity contribution in [3.05, 3.63) is 45.7 Å². The SMILES string of the molecule is CC[C@H]1OC(=O)[C@H](C)[C@@H](O[C@H]2C[C@@](C)(OC)[C@@H](OC(=O)CCNCCOCCCc3ccc4c(c3)c(=O)c(C(=O)O)cn4CC)[C@H](C)O2)[C@H](C)[C@@H](O[C@@H]2O[C@H](C)C[C@H](N(C)C)[C@H]2O)[C@](C)(OC)C[C@@H](C)C(=O)[C@@H](C)[C@@H](O)[C@]1(C)O. The number of aliphatic hydroxyl groups is 3. The molecule has 3 fully saturated rings. The van der Waals surface area contributed by atoms with Gasteiger partial charge in [-0.25, -0.2) is 4.79 Å². The molecule has 18 atom stereocenters. The van der Waals surface area contributed by atoms with Gasteiger partial charge in [-0.15, -0.1) is 0 Å². The summed E-state index contributed by atoms with van der Waals surface area (Å²) in [7, 11) is 6.73. The molecule has 0 amide bonds. The van der Waals surface area contributed by atoms with Crippen molar-refractivity contribution in [3.8, 4) is 0 Å². The maximum absolute atomic E-state index is 14.6. The summed E-state index contributed by atoms with van der Waals surface area (Å²) < 4.78 is 58.8. The fraction of sp³-hybridized carbons (Fsp3) is 0.776. The smallest absolute Gasteiger partial charge is 0.341 e. The largest absolute Gasteiger partial charge is 0.477 e. The molecule has 0 bridgehead atoms. The maximum Gasteiger partial charge on any atom is 0.341 e. The van der Waals surface area contributed by atoms with Gasteiger partial charge in [0, 0.05) is 82.3 Å². The molecule has 448 valence electrons. The van der Waals surface area contributed by atoms with Gasteiger partial charge in [-0.3, -0.25) is 19.2 Å². The summed E-state index contributed by atoms with van der Waals surface area (Å²) in [6.07, 6.45) is -6.84. The zero-order valence-electron chi connectivity index (χ0n) is 49.4. The molecule has 0 aliphatic carbocycles. The molecule has 0 spiro atoms. The summed E-state index contributed by atoms with van der Waals surface area (Å²) in [5, 5.41) is 48.4. The number of carboxylic acid groups (broad SMARTS) is 1. The molecule has 21 heteroatoms. The Kier molecular flexibility index (Phi) is 23.6. The van der Waals surface area contributed by atoms with E-state index < -0.39 is 119 Å². The van der Waals surface area contributed by atoms with Crippen LogP contribution in [-0.4, -0.2) is 192 Å². The van der Waals surface area contributed by atoms with Gasteiger partial charge in [-0.1, -0.05) is 33.8 Å². The van der Waals surface area contributed by atoms with Crippen molar-refractivity contribution in [2.24, 2.45) is 23.7 Å². The van der Waals surface area contributed by atoms with Crippen LogP contribution in [-0.2, 0) is 70.0 Å². The number of methoxy groups -OCH3 is 2. The molecule has 1 aromatic heterocycles. The summed E-state index contributed by atoms with van der Waals surface area (Å²) in [6, 6.07) is 5.19. The number of nitrogens with zero attached hydrogens (tertiary/aromatic N) is 2. The third-order valence-electron chi connectivity index (χ3n) is 16.9. The highest BCUT2D eigenvalue weighted by atomic mass is 16.7. The monoisotopic (exact) mass is 1120 g/mol. The Balaban J connectivity index is 1.27. The second-order valence-corrected chi connectivity index (χ2v) is 23.1. The second-order valence-electron chi connectivity index (χ2n) is 23.1. The molecule has 2 aromatic rings. The Morgan fingerprint density at radius 3 is 2.18 bits per heavy atom. The van der Waals surface area contributed by atoms with Gasteiger partial charge in [0.2, 0.25) is 5.43 Å². The number of aliphatic hydroxyl groups excluding tert-OH is 2. The van der Waals surface area contributed by atoms with Crippen molar-refractivity contribution >= 4 is 34.6 Å². The molecule has 79 heavy (non-hydrogen) atoms. The number of carboxylic acids is 1. The standard InChI is InChI=1S/C58H93N3O18/c1-16-43-58(11,70)50(66)34(5)46(63)32(3)29-56(9,71-14)51(79-55-48(65)42(60(12)13)27-33(4)74-55)35(6)49(36(7)54(69)76-43)78-45-30-57(10,72-15)52(37(8)75-45)77-44(62)22-23-59-24-26-73-25-18-19-38-20-21-41-39(28-38)47(64)40(53(67)68)31-61(41)17-2/h20-21,28,31-37,42-43,45,48-52,55,59,65-66,70H,16-19,22-27,29-30H2,1-15H3,(H,67,68)/t32-,33-,34-,35+,36-,37+,42+,43-,45+,48-,49+,50-,51-,52+,55+,56-,57-,58-/m1/s1. The van der Waals surface area contributed by atoms with E-state index in [9.17, 15) is 44.4 Å². The Labute approximate surface area is 466 Å². The zero-order chi connectivity index (χ0) is 58.9. The number of ketones is 1. The number of aromatic nitrogens is 1. The van der Waals surface area contributed by atoms with E-state index >= 15 is 0 Å². The number of likely N-dealkylation sites (N-methyl/N-ethyl adjacent to an activating group) is 1. The van der Waals surface area contributed by atoms with Crippen LogP contribution >= 0.6 is 0 Å². The van der Waals surface area contributed by atoms with Gasteiger partial charge >= 0.3 is 17.9 Å². The molecule has 21 nitrogen and oxygen atoms in total. The van der Waals surface area contributed by atoms with Crippen LogP contribution in [0.15, 0.2) is 29.2 Å². The predicted octanol–water partition coefficient (Wildman–Crippen LogP) is 4.65. The number of hydrogen-bond donors (Lipinski definition) is 5. The van der Waals surface area contributed by atoms with Gasteiger partial charge in [0.15, 0.2) is 18.7 Å². The number of hydrogen-bond acceptors (Lipinski definition) is 19. The number of benzene rings is 1. The molecule has 3 aliphatic heterocycles. The quantitative estimate of drug-likeness (QED) is 0.0841. The van der Waals surface area contributed by atoms with Crippen LogP contribution < -0.4 is 10.7 Å². The lowest BCUT2D eigenvalue weighted by atomic mass is 9.74. The highest BCUT2D eigenvalue weighted by molar-refractivity contribution is 5.92. The fourth-order valence-electron chi connectivity index (χ4n) is 11.9. The Morgan fingerprint density at radius 2 is 1.56 bits per heavy atom. The van der Waals surface area contributed by atoms with Crippen LogP contribution in [0.25, 0.3) is 10.9 Å². The molecule has 0 saturated carbocycles. The Hall–Kier alpha value is -3.97. The predicted molar refractivity (Wildman–Crippen MR) is 292 cm³/mol. The summed E-state index contributed by atoms with van der Waals surface area (Å²) in [6.45, 7) is 21.0. The number of fused-ring (bicyclic) bond motifs is 1. The first-order chi connectivity index (χ1) is 37.1. The molecule has 3 aliphatic rings. The van der Waals surface area contributed by atoms with Gasteiger partial charge < -0.3 is 77.8 Å². The van der Waals surface area contributed by atoms with Crippen LogP contribution in [0.1, 0.15) is 131 Å². The molecule has 4 heterocycles. The number of carbonyl (C=O) groups is 4. The molecule has 5 rings (SSSR count). The van der Waals surface area contributed by atoms with E-state index in [2.05, 4.69) is 5.32 Å². The summed E-state index contributed by atoms with van der Waals surface area (Å²) in [5.41, 5.74) is -3.69. The Bertz CT molecular complexity index is 2420. The maximum atomic E-state index is 14.6. The number of nitrogens with one attached hydrogen (secondary N) is 1. The van der Waals surface area contributed by atoms with Crippen molar-refractivity contribution in [3.63, 3.8) is 0 Å². The van der Waals surface area contributed by atoms with E-state index in [4.69, 9.17) is 42.6 Å². The minimum absolute atomic E-state index is 0.0341. The molecular formula is C58H93N3O18. The minimum Gasteiger partial charge on any atom is -0.477 e. The van der Waals surface area contributed by atoms with E-state index in [1.165, 1.54) is 34.3 Å². The first kappa shape index (κ1) is 65.8. The average molecular weight is 1120 g/mol. The highest BCUT2D eigenvalue weighted by Gasteiger charge is 2.55. The number of ether oxygens (including phenoxy) is 9. The van der Waals surface area contributed by atoms with Crippen LogP contribution in [0.5, 0.6) is 0 Å². The van der Waals surface area contributed by atoms with Gasteiger partial charge in [-0.05, 0) is 112 Å². The molecule has 0 unspecified atom stereocenters. The van der Waals surface area contributed by atoms with Crippen LogP contribution in [0.2, 0.25) is 0 Å². The Morgan fingerprint density at radius 1 is 0.886 bits per heavy atom. The van der Waals surface area contributed by atoms with Crippen molar-refractivity contribution in [1.82, 2.24) is 14.8 Å². The minimum atomic E-state index is -2.03. The molecule has 3 saturated heterocycles. The van der Waals surface area contributed by atoms with Gasteiger partial charge in [0.05, 0.1) is 60.6 Å². The van der Waals surface area contributed by atoms with Gasteiger partial charge in [0.25, 0.3) is 0 Å². The number of carbonyl (C=O) groups excluding carboxylic acids is 3. The number of aromatic carboxylic acids is 1. The van der Waals surface area contributed by atoms with E-state index in [1.807, 2.05) is 51.9 Å². The molecule has 1 aromatic carbocycles. The zero-order valence-corrected chi connectivity index (χ0v) is 49.4. The molecule has 0 radical (unpaired) electrons. The first-order valence-electron chi connectivity index (χ1n) is 28.2. The van der Waals surface area contributed by atoms with Crippen molar-refractivity contribution in [2.75, 3.05) is 54.6 Å². The third kappa shape index (κ3) is 15.6. The third-order valence-corrected chi connectivity index (χ3v) is 16.9. The summed E-state index contributed by atoms with van der Waals surface area (Å²) in [5.74, 6) is -6.57. The number of cyclic esters (lactones) is 1. The van der Waals surface area contributed by atoms with Gasteiger partial charge in [-0.2, -0.15) is 0 Å². The summed E-state index contributed by atoms with van der Waals surface area (Å²) in [4.78, 5) is 68.7. The molecule has 5 N–H and O–H groups in total. The van der Waals surface area contributed by atoms with Crippen molar-refractivity contribution in [1.29, 1.82) is 0 Å². The highest BCUT2D eigenvalue weighted by Crippen LogP contribution is 2.42. The lowest BCUT2D eigenvalue weighted by Crippen LogP contribution is -2.61. The first-order valence-corrected chi connectivity index (χ1v) is 28.2. The van der Waals surface area contributed by atoms with Crippen molar-refractivity contribution < 1.29 is 82.2 Å². The topological polar surface area (TPSA) is 270 Å². The normalized spacial score (nSPS) is 36.2. The number of aryl methyl sites for hydroxylation is 2. The lowest BCUT2D eigenvalue weighted by molar-refractivity contribution is -0.320. The van der Waals surface area contributed by atoms with Crippen LogP contribution in [0, 0.1) is 23.7 Å². The average Bonchev–Trinajstić information content (AvgIpc) is 3.46.